The number of esters is 1. The van der Waals surface area contributed by atoms with E-state index >= 15 is 0 Å². The van der Waals surface area contributed by atoms with Gasteiger partial charge in [-0.2, -0.15) is 0 Å². The van der Waals surface area contributed by atoms with E-state index < -0.39 is 0 Å². The summed E-state index contributed by atoms with van der Waals surface area (Å²) < 4.78 is 4.56. The summed E-state index contributed by atoms with van der Waals surface area (Å²) in [5.41, 5.74) is 5.46. The van der Waals surface area contributed by atoms with Crippen molar-refractivity contribution in [3.63, 3.8) is 0 Å². The molecular weight excluding hydrogens is 180 g/mol. The molecule has 4 heteroatoms. The summed E-state index contributed by atoms with van der Waals surface area (Å²) in [5.74, 6) is -0.134. The Kier molecular flexibility index (Phi) is 7.42. The van der Waals surface area contributed by atoms with E-state index in [-0.39, 0.29) is 5.97 Å². The predicted octanol–water partition coefficient (Wildman–Crippen LogP) is 0.609. The van der Waals surface area contributed by atoms with E-state index in [1.807, 2.05) is 0 Å². The molecule has 0 rings (SSSR count). The van der Waals surface area contributed by atoms with Gasteiger partial charge in [0, 0.05) is 12.5 Å². The van der Waals surface area contributed by atoms with E-state index in [0.29, 0.717) is 19.0 Å². The minimum atomic E-state index is -0.134. The van der Waals surface area contributed by atoms with Crippen LogP contribution in [0.25, 0.3) is 0 Å². The van der Waals surface area contributed by atoms with Crippen molar-refractivity contribution in [2.24, 2.45) is 5.73 Å². The zero-order valence-corrected chi connectivity index (χ0v) is 9.45. The molecule has 0 fully saturated rings. The van der Waals surface area contributed by atoms with Gasteiger partial charge in [-0.05, 0) is 39.9 Å². The summed E-state index contributed by atoms with van der Waals surface area (Å²) in [6.07, 6.45) is 2.34. The van der Waals surface area contributed by atoms with Gasteiger partial charge < -0.3 is 15.4 Å². The SMILES string of the molecule is COC(=O)CCCN(C)C(C)CCN. The summed E-state index contributed by atoms with van der Waals surface area (Å²) in [6.45, 7) is 3.77. The van der Waals surface area contributed by atoms with Gasteiger partial charge in [-0.1, -0.05) is 0 Å². The first-order valence-electron chi connectivity index (χ1n) is 5.09. The molecule has 0 radical (unpaired) electrons. The van der Waals surface area contributed by atoms with E-state index in [9.17, 15) is 4.79 Å². The molecule has 0 amide bonds. The summed E-state index contributed by atoms with van der Waals surface area (Å²) in [5, 5.41) is 0. The van der Waals surface area contributed by atoms with Gasteiger partial charge in [0.25, 0.3) is 0 Å². The highest BCUT2D eigenvalue weighted by Crippen LogP contribution is 2.02. The number of ether oxygens (including phenoxy) is 1. The summed E-state index contributed by atoms with van der Waals surface area (Å²) in [7, 11) is 3.47. The first-order chi connectivity index (χ1) is 6.61. The lowest BCUT2D eigenvalue weighted by molar-refractivity contribution is -0.140. The molecule has 0 spiro atoms. The topological polar surface area (TPSA) is 55.6 Å². The van der Waals surface area contributed by atoms with Crippen molar-refractivity contribution in [1.82, 2.24) is 4.90 Å². The molecule has 1 unspecified atom stereocenters. The Morgan fingerprint density at radius 2 is 2.21 bits per heavy atom. The largest absolute Gasteiger partial charge is 0.469 e. The van der Waals surface area contributed by atoms with Crippen LogP contribution in [0, 0.1) is 0 Å². The molecular formula is C10H22N2O2. The summed E-state index contributed by atoms with van der Waals surface area (Å²) >= 11 is 0. The summed E-state index contributed by atoms with van der Waals surface area (Å²) in [6, 6.07) is 0.484. The van der Waals surface area contributed by atoms with Gasteiger partial charge in [0.1, 0.15) is 0 Å². The fourth-order valence-corrected chi connectivity index (χ4v) is 1.26. The fraction of sp³-hybridized carbons (Fsp3) is 0.900. The second-order valence-corrected chi connectivity index (χ2v) is 3.59. The molecule has 2 N–H and O–H groups in total. The lowest BCUT2D eigenvalue weighted by Crippen LogP contribution is -2.32. The second kappa shape index (κ2) is 7.76. The van der Waals surface area contributed by atoms with Crippen LogP contribution in [0.3, 0.4) is 0 Å². The minimum absolute atomic E-state index is 0.134. The maximum absolute atomic E-state index is 10.8. The molecule has 14 heavy (non-hydrogen) atoms. The van der Waals surface area contributed by atoms with Crippen LogP contribution in [-0.4, -0.2) is 44.2 Å². The quantitative estimate of drug-likeness (QED) is 0.614. The Morgan fingerprint density at radius 3 is 2.71 bits per heavy atom. The zero-order chi connectivity index (χ0) is 11.0. The van der Waals surface area contributed by atoms with Crippen LogP contribution in [0.4, 0.5) is 0 Å². The molecule has 0 saturated heterocycles. The van der Waals surface area contributed by atoms with Crippen molar-refractivity contribution in [1.29, 1.82) is 0 Å². The molecule has 4 nitrogen and oxygen atoms in total. The average molecular weight is 202 g/mol. The van der Waals surface area contributed by atoms with Gasteiger partial charge in [0.2, 0.25) is 0 Å². The van der Waals surface area contributed by atoms with Crippen LogP contribution in [0.1, 0.15) is 26.2 Å². The molecule has 0 saturated carbocycles. The highest BCUT2D eigenvalue weighted by Gasteiger charge is 2.08. The number of carbonyl (C=O) groups excluding carboxylic acids is 1. The molecule has 84 valence electrons. The molecule has 0 aromatic heterocycles. The minimum Gasteiger partial charge on any atom is -0.469 e. The number of nitrogens with two attached hydrogens (primary N) is 1. The number of nitrogens with zero attached hydrogens (tertiary/aromatic N) is 1. The smallest absolute Gasteiger partial charge is 0.305 e. The van der Waals surface area contributed by atoms with Crippen molar-refractivity contribution in [3.8, 4) is 0 Å². The van der Waals surface area contributed by atoms with Crippen LogP contribution >= 0.6 is 0 Å². The molecule has 0 aromatic carbocycles. The second-order valence-electron chi connectivity index (χ2n) is 3.59. The average Bonchev–Trinajstić information content (AvgIpc) is 2.17. The van der Waals surface area contributed by atoms with Crippen molar-refractivity contribution >= 4 is 5.97 Å². The van der Waals surface area contributed by atoms with Crippen LogP contribution < -0.4 is 5.73 Å². The third-order valence-corrected chi connectivity index (χ3v) is 2.46. The van der Waals surface area contributed by atoms with Gasteiger partial charge in [0.15, 0.2) is 0 Å². The van der Waals surface area contributed by atoms with E-state index in [4.69, 9.17) is 5.73 Å². The predicted molar refractivity (Wildman–Crippen MR) is 57.0 cm³/mol. The Hall–Kier alpha value is -0.610. The van der Waals surface area contributed by atoms with Gasteiger partial charge in [0.05, 0.1) is 7.11 Å². The zero-order valence-electron chi connectivity index (χ0n) is 9.45. The van der Waals surface area contributed by atoms with Crippen molar-refractivity contribution in [3.05, 3.63) is 0 Å². The van der Waals surface area contributed by atoms with E-state index in [1.54, 1.807) is 0 Å². The number of rotatable bonds is 7. The maximum Gasteiger partial charge on any atom is 0.305 e. The fourth-order valence-electron chi connectivity index (χ4n) is 1.26. The van der Waals surface area contributed by atoms with Crippen molar-refractivity contribution < 1.29 is 9.53 Å². The molecule has 0 aliphatic rings. The van der Waals surface area contributed by atoms with Gasteiger partial charge in [-0.25, -0.2) is 0 Å². The van der Waals surface area contributed by atoms with Gasteiger partial charge >= 0.3 is 5.97 Å². The molecule has 0 heterocycles. The summed E-state index contributed by atoms with van der Waals surface area (Å²) in [4.78, 5) is 13.0. The van der Waals surface area contributed by atoms with E-state index in [2.05, 4.69) is 23.6 Å². The first kappa shape index (κ1) is 13.4. The number of hydrogen-bond acceptors (Lipinski definition) is 4. The van der Waals surface area contributed by atoms with Crippen LogP contribution in [-0.2, 0) is 9.53 Å². The van der Waals surface area contributed by atoms with Crippen LogP contribution in [0.15, 0.2) is 0 Å². The molecule has 0 aliphatic heterocycles. The normalized spacial score (nSPS) is 12.9. The van der Waals surface area contributed by atoms with Crippen LogP contribution in [0.5, 0.6) is 0 Å². The Labute approximate surface area is 86.4 Å². The molecule has 0 aliphatic carbocycles. The van der Waals surface area contributed by atoms with E-state index in [1.165, 1.54) is 7.11 Å². The third-order valence-electron chi connectivity index (χ3n) is 2.46. The monoisotopic (exact) mass is 202 g/mol. The Morgan fingerprint density at radius 1 is 1.57 bits per heavy atom. The molecule has 0 bridgehead atoms. The van der Waals surface area contributed by atoms with Crippen molar-refractivity contribution in [2.45, 2.75) is 32.2 Å². The molecule has 1 atom stereocenters. The Balaban J connectivity index is 3.52. The number of methoxy groups -OCH3 is 1. The lowest BCUT2D eigenvalue weighted by Gasteiger charge is -2.23. The van der Waals surface area contributed by atoms with Gasteiger partial charge in [-0.15, -0.1) is 0 Å². The maximum atomic E-state index is 10.8. The van der Waals surface area contributed by atoms with Gasteiger partial charge in [-0.3, -0.25) is 4.79 Å². The number of carbonyl (C=O) groups is 1. The number of hydrogen-bond donors (Lipinski definition) is 1. The highest BCUT2D eigenvalue weighted by atomic mass is 16.5. The molecule has 0 aromatic rings. The highest BCUT2D eigenvalue weighted by molar-refractivity contribution is 5.69. The van der Waals surface area contributed by atoms with Crippen molar-refractivity contribution in [2.75, 3.05) is 27.2 Å². The first-order valence-corrected chi connectivity index (χ1v) is 5.09. The third kappa shape index (κ3) is 5.94. The van der Waals surface area contributed by atoms with Crippen LogP contribution in [0.2, 0.25) is 0 Å². The Bertz CT molecular complexity index is 162. The lowest BCUT2D eigenvalue weighted by atomic mass is 10.2. The standard InChI is InChI=1S/C10H22N2O2/c1-9(6-7-11)12(2)8-4-5-10(13)14-3/h9H,4-8,11H2,1-3H3. The van der Waals surface area contributed by atoms with E-state index in [0.717, 1.165) is 19.4 Å².